The number of non-ortho nitro benzene ring substituents is 1. The number of ether oxygens (including phenoxy) is 2. The standard InChI is InChI=1S/C13H14FNO5/c1-8-4-10(15(17)18)5-11(12(8)14)13(16)20-7-9-2-3-19-6-9/h4-5,9H,2-3,6-7H2,1H3. The number of rotatable bonds is 4. The number of carbonyl (C=O) groups is 1. The second kappa shape index (κ2) is 5.96. The highest BCUT2D eigenvalue weighted by Gasteiger charge is 2.23. The zero-order valence-electron chi connectivity index (χ0n) is 10.9. The molecule has 0 N–H and O–H groups in total. The highest BCUT2D eigenvalue weighted by atomic mass is 19.1. The first-order chi connectivity index (χ1) is 9.49. The van der Waals surface area contributed by atoms with E-state index in [1.54, 1.807) is 0 Å². The molecule has 1 unspecified atom stereocenters. The van der Waals surface area contributed by atoms with E-state index < -0.39 is 22.3 Å². The Morgan fingerprint density at radius 3 is 2.95 bits per heavy atom. The summed E-state index contributed by atoms with van der Waals surface area (Å²) in [6.07, 6.45) is 0.781. The van der Waals surface area contributed by atoms with E-state index >= 15 is 0 Å². The van der Waals surface area contributed by atoms with Crippen molar-refractivity contribution in [2.75, 3.05) is 19.8 Å². The first-order valence-corrected chi connectivity index (χ1v) is 6.18. The second-order valence-corrected chi connectivity index (χ2v) is 4.71. The molecular formula is C13H14FNO5. The number of carbonyl (C=O) groups excluding carboxylic acids is 1. The molecule has 0 bridgehead atoms. The van der Waals surface area contributed by atoms with Crippen LogP contribution in [0.15, 0.2) is 12.1 Å². The van der Waals surface area contributed by atoms with Gasteiger partial charge in [0, 0.05) is 24.7 Å². The van der Waals surface area contributed by atoms with Crippen molar-refractivity contribution >= 4 is 11.7 Å². The zero-order valence-corrected chi connectivity index (χ0v) is 10.9. The molecule has 0 amide bonds. The average Bonchev–Trinajstić information content (AvgIpc) is 2.92. The third-order valence-electron chi connectivity index (χ3n) is 3.14. The zero-order chi connectivity index (χ0) is 14.7. The maximum atomic E-state index is 13.8. The van der Waals surface area contributed by atoms with Crippen LogP contribution in [-0.2, 0) is 9.47 Å². The number of aryl methyl sites for hydroxylation is 1. The molecule has 0 saturated carbocycles. The van der Waals surface area contributed by atoms with Crippen molar-refractivity contribution in [1.29, 1.82) is 0 Å². The summed E-state index contributed by atoms with van der Waals surface area (Å²) in [5.74, 6) is -1.58. The Kier molecular flexibility index (Phi) is 4.29. The van der Waals surface area contributed by atoms with Crippen molar-refractivity contribution < 1.29 is 23.6 Å². The van der Waals surface area contributed by atoms with Gasteiger partial charge >= 0.3 is 5.97 Å². The Balaban J connectivity index is 2.13. The summed E-state index contributed by atoms with van der Waals surface area (Å²) in [6, 6.07) is 1.98. The van der Waals surface area contributed by atoms with E-state index in [0.29, 0.717) is 13.2 Å². The normalized spacial score (nSPS) is 18.0. The van der Waals surface area contributed by atoms with E-state index in [1.807, 2.05) is 0 Å². The highest BCUT2D eigenvalue weighted by Crippen LogP contribution is 2.22. The summed E-state index contributed by atoms with van der Waals surface area (Å²) in [4.78, 5) is 21.9. The smallest absolute Gasteiger partial charge is 0.341 e. The van der Waals surface area contributed by atoms with Gasteiger partial charge in [0.05, 0.1) is 18.1 Å². The molecule has 6 nitrogen and oxygen atoms in total. The van der Waals surface area contributed by atoms with Gasteiger partial charge in [0.1, 0.15) is 11.4 Å². The molecule has 1 fully saturated rings. The van der Waals surface area contributed by atoms with Gasteiger partial charge in [0.2, 0.25) is 0 Å². The van der Waals surface area contributed by atoms with Gasteiger partial charge in [-0.3, -0.25) is 10.1 Å². The third kappa shape index (κ3) is 3.11. The second-order valence-electron chi connectivity index (χ2n) is 4.71. The summed E-state index contributed by atoms with van der Waals surface area (Å²) in [7, 11) is 0. The lowest BCUT2D eigenvalue weighted by Crippen LogP contribution is -2.16. The van der Waals surface area contributed by atoms with Gasteiger partial charge in [-0.25, -0.2) is 9.18 Å². The minimum Gasteiger partial charge on any atom is -0.462 e. The fraction of sp³-hybridized carbons (Fsp3) is 0.462. The van der Waals surface area contributed by atoms with Crippen molar-refractivity contribution in [3.8, 4) is 0 Å². The van der Waals surface area contributed by atoms with Crippen LogP contribution in [0.25, 0.3) is 0 Å². The average molecular weight is 283 g/mol. The monoisotopic (exact) mass is 283 g/mol. The largest absolute Gasteiger partial charge is 0.462 e. The van der Waals surface area contributed by atoms with Gasteiger partial charge in [0.15, 0.2) is 0 Å². The predicted octanol–water partition coefficient (Wildman–Crippen LogP) is 2.24. The van der Waals surface area contributed by atoms with Gasteiger partial charge in [-0.2, -0.15) is 0 Å². The third-order valence-corrected chi connectivity index (χ3v) is 3.14. The van der Waals surface area contributed by atoms with Crippen LogP contribution in [0.3, 0.4) is 0 Å². The fourth-order valence-corrected chi connectivity index (χ4v) is 1.99. The molecule has 0 radical (unpaired) electrons. The molecule has 1 atom stereocenters. The fourth-order valence-electron chi connectivity index (χ4n) is 1.99. The summed E-state index contributed by atoms with van der Waals surface area (Å²) >= 11 is 0. The van der Waals surface area contributed by atoms with Gasteiger partial charge in [-0.15, -0.1) is 0 Å². The number of nitro groups is 1. The van der Waals surface area contributed by atoms with Crippen molar-refractivity contribution in [3.63, 3.8) is 0 Å². The van der Waals surface area contributed by atoms with Crippen LogP contribution >= 0.6 is 0 Å². The number of halogens is 1. The Morgan fingerprint density at radius 1 is 1.60 bits per heavy atom. The maximum absolute atomic E-state index is 13.8. The van der Waals surface area contributed by atoms with Crippen LogP contribution in [0.5, 0.6) is 0 Å². The van der Waals surface area contributed by atoms with Gasteiger partial charge in [-0.05, 0) is 18.9 Å². The minimum atomic E-state index is -0.888. The summed E-state index contributed by atoms with van der Waals surface area (Å²) < 4.78 is 24.0. The van der Waals surface area contributed by atoms with Crippen LogP contribution in [-0.4, -0.2) is 30.7 Å². The number of esters is 1. The van der Waals surface area contributed by atoms with Crippen molar-refractivity contribution in [2.45, 2.75) is 13.3 Å². The van der Waals surface area contributed by atoms with E-state index in [-0.39, 0.29) is 23.8 Å². The van der Waals surface area contributed by atoms with Gasteiger partial charge < -0.3 is 9.47 Å². The van der Waals surface area contributed by atoms with Crippen LogP contribution in [0.2, 0.25) is 0 Å². The molecule has 1 aliphatic heterocycles. The van der Waals surface area contributed by atoms with Crippen LogP contribution in [0.1, 0.15) is 22.3 Å². The van der Waals surface area contributed by atoms with E-state index in [9.17, 15) is 19.3 Å². The molecule has 1 heterocycles. The maximum Gasteiger partial charge on any atom is 0.341 e. The SMILES string of the molecule is Cc1cc([N+](=O)[O-])cc(C(=O)OCC2CCOC2)c1F. The van der Waals surface area contributed by atoms with Crippen molar-refractivity contribution in [3.05, 3.63) is 39.2 Å². The topological polar surface area (TPSA) is 78.7 Å². The molecule has 20 heavy (non-hydrogen) atoms. The molecule has 0 spiro atoms. The van der Waals surface area contributed by atoms with Crippen LogP contribution in [0, 0.1) is 28.8 Å². The first kappa shape index (κ1) is 14.4. The molecule has 0 aliphatic carbocycles. The summed E-state index contributed by atoms with van der Waals surface area (Å²) in [6.45, 7) is 2.61. The summed E-state index contributed by atoms with van der Waals surface area (Å²) in [5.41, 5.74) is -0.703. The molecule has 108 valence electrons. The molecule has 1 aromatic carbocycles. The lowest BCUT2D eigenvalue weighted by molar-refractivity contribution is -0.385. The number of hydrogen-bond donors (Lipinski definition) is 0. The number of benzene rings is 1. The number of nitro benzene ring substituents is 1. The van der Waals surface area contributed by atoms with Crippen molar-refractivity contribution in [1.82, 2.24) is 0 Å². The first-order valence-electron chi connectivity index (χ1n) is 6.18. The lowest BCUT2D eigenvalue weighted by Gasteiger charge is -2.10. The molecular weight excluding hydrogens is 269 g/mol. The van der Waals surface area contributed by atoms with E-state index in [4.69, 9.17) is 9.47 Å². The number of hydrogen-bond acceptors (Lipinski definition) is 5. The lowest BCUT2D eigenvalue weighted by atomic mass is 10.1. The Hall–Kier alpha value is -2.02. The molecule has 0 aromatic heterocycles. The van der Waals surface area contributed by atoms with E-state index in [2.05, 4.69) is 0 Å². The Morgan fingerprint density at radius 2 is 2.35 bits per heavy atom. The molecule has 7 heteroatoms. The molecule has 2 rings (SSSR count). The van der Waals surface area contributed by atoms with Gasteiger partial charge in [0.25, 0.3) is 5.69 Å². The van der Waals surface area contributed by atoms with Crippen LogP contribution in [0.4, 0.5) is 10.1 Å². The molecule has 1 aromatic rings. The predicted molar refractivity (Wildman–Crippen MR) is 67.0 cm³/mol. The van der Waals surface area contributed by atoms with Crippen LogP contribution < -0.4 is 0 Å². The summed E-state index contributed by atoms with van der Waals surface area (Å²) in [5, 5.41) is 10.7. The quantitative estimate of drug-likeness (QED) is 0.481. The van der Waals surface area contributed by atoms with E-state index in [0.717, 1.165) is 18.6 Å². The molecule has 1 saturated heterocycles. The van der Waals surface area contributed by atoms with Gasteiger partial charge in [-0.1, -0.05) is 0 Å². The van der Waals surface area contributed by atoms with E-state index in [1.165, 1.54) is 6.92 Å². The Labute approximate surface area is 114 Å². The van der Waals surface area contributed by atoms with Crippen molar-refractivity contribution in [2.24, 2.45) is 5.92 Å². The number of nitrogens with zero attached hydrogens (tertiary/aromatic N) is 1. The highest BCUT2D eigenvalue weighted by molar-refractivity contribution is 5.90. The Bertz CT molecular complexity index is 540. The minimum absolute atomic E-state index is 0.0374. The molecule has 1 aliphatic rings.